The number of nitrogens with one attached hydrogen (secondary N) is 1. The molecular formula is C16H23N3O. The molecule has 1 rings (SSSR count). The third-order valence-corrected chi connectivity index (χ3v) is 3.08. The number of amides is 1. The lowest BCUT2D eigenvalue weighted by Gasteiger charge is -2.22. The molecule has 0 saturated carbocycles. The second-order valence-corrected chi connectivity index (χ2v) is 5.13. The summed E-state index contributed by atoms with van der Waals surface area (Å²) < 4.78 is 0. The highest BCUT2D eigenvalue weighted by Gasteiger charge is 2.13. The van der Waals surface area contributed by atoms with E-state index in [1.165, 1.54) is 0 Å². The number of nitriles is 1. The molecule has 1 N–H and O–H groups in total. The van der Waals surface area contributed by atoms with Crippen LogP contribution in [0.3, 0.4) is 0 Å². The molecule has 4 nitrogen and oxygen atoms in total. The van der Waals surface area contributed by atoms with Crippen molar-refractivity contribution in [2.24, 2.45) is 5.92 Å². The van der Waals surface area contributed by atoms with Gasteiger partial charge < -0.3 is 5.32 Å². The molecule has 0 aliphatic carbocycles. The molecule has 1 amide bonds. The molecule has 0 aromatic heterocycles. The Bertz CT molecular complexity index is 479. The Morgan fingerprint density at radius 2 is 2.15 bits per heavy atom. The van der Waals surface area contributed by atoms with E-state index < -0.39 is 0 Å². The molecule has 1 aromatic rings. The Hall–Kier alpha value is -1.86. The number of hydrogen-bond acceptors (Lipinski definition) is 3. The van der Waals surface area contributed by atoms with E-state index in [1.807, 2.05) is 43.0 Å². The SMILES string of the molecule is CCCN(CC(=O)Nc1ccccc1C)C[C@H](C)C#N. The number of hydrogen-bond donors (Lipinski definition) is 1. The number of anilines is 1. The second kappa shape index (κ2) is 8.34. The van der Waals surface area contributed by atoms with E-state index in [0.717, 1.165) is 24.2 Å². The van der Waals surface area contributed by atoms with Crippen LogP contribution in [0.15, 0.2) is 24.3 Å². The molecule has 0 radical (unpaired) electrons. The number of aryl methyl sites for hydroxylation is 1. The van der Waals surface area contributed by atoms with Crippen LogP contribution in [-0.2, 0) is 4.79 Å². The van der Waals surface area contributed by atoms with E-state index in [2.05, 4.69) is 18.3 Å². The fraction of sp³-hybridized carbons (Fsp3) is 0.500. The quantitative estimate of drug-likeness (QED) is 0.831. The summed E-state index contributed by atoms with van der Waals surface area (Å²) in [7, 11) is 0. The van der Waals surface area contributed by atoms with Crippen molar-refractivity contribution in [2.75, 3.05) is 25.0 Å². The molecule has 0 spiro atoms. The summed E-state index contributed by atoms with van der Waals surface area (Å²) in [6.45, 7) is 7.70. The minimum absolute atomic E-state index is 0.0297. The molecule has 0 saturated heterocycles. The van der Waals surface area contributed by atoms with Crippen molar-refractivity contribution < 1.29 is 4.79 Å². The monoisotopic (exact) mass is 273 g/mol. The smallest absolute Gasteiger partial charge is 0.238 e. The maximum absolute atomic E-state index is 12.1. The maximum Gasteiger partial charge on any atom is 0.238 e. The van der Waals surface area contributed by atoms with Crippen LogP contribution in [-0.4, -0.2) is 30.4 Å². The van der Waals surface area contributed by atoms with Gasteiger partial charge in [-0.05, 0) is 38.4 Å². The van der Waals surface area contributed by atoms with Crippen LogP contribution >= 0.6 is 0 Å². The number of benzene rings is 1. The standard InChI is InChI=1S/C16H23N3O/c1-4-9-19(11-13(2)10-17)12-16(20)18-15-8-6-5-7-14(15)3/h5-8,13H,4,9,11-12H2,1-3H3,(H,18,20)/t13-/m1/s1. The summed E-state index contributed by atoms with van der Waals surface area (Å²) in [5, 5.41) is 11.8. The Labute approximate surface area is 121 Å². The number of carbonyl (C=O) groups is 1. The number of para-hydroxylation sites is 1. The zero-order chi connectivity index (χ0) is 15.0. The summed E-state index contributed by atoms with van der Waals surface area (Å²) >= 11 is 0. The number of rotatable bonds is 7. The summed E-state index contributed by atoms with van der Waals surface area (Å²) in [5.41, 5.74) is 1.90. The molecule has 0 aliphatic rings. The van der Waals surface area contributed by atoms with Gasteiger partial charge in [-0.25, -0.2) is 0 Å². The van der Waals surface area contributed by atoms with Crippen molar-refractivity contribution in [1.29, 1.82) is 5.26 Å². The average molecular weight is 273 g/mol. The molecule has 0 heterocycles. The first kappa shape index (κ1) is 16.2. The Balaban J connectivity index is 2.58. The summed E-state index contributed by atoms with van der Waals surface area (Å²) in [5.74, 6) is -0.0919. The van der Waals surface area contributed by atoms with Crippen molar-refractivity contribution in [3.63, 3.8) is 0 Å². The van der Waals surface area contributed by atoms with E-state index in [0.29, 0.717) is 13.1 Å². The van der Waals surface area contributed by atoms with E-state index in [4.69, 9.17) is 5.26 Å². The van der Waals surface area contributed by atoms with Gasteiger partial charge >= 0.3 is 0 Å². The molecule has 4 heteroatoms. The molecule has 0 bridgehead atoms. The zero-order valence-corrected chi connectivity index (χ0v) is 12.5. The van der Waals surface area contributed by atoms with Crippen LogP contribution in [0, 0.1) is 24.2 Å². The van der Waals surface area contributed by atoms with Crippen LogP contribution in [0.4, 0.5) is 5.69 Å². The van der Waals surface area contributed by atoms with Crippen LogP contribution in [0.1, 0.15) is 25.8 Å². The first-order valence-corrected chi connectivity index (χ1v) is 7.04. The van der Waals surface area contributed by atoms with Gasteiger partial charge in [-0.2, -0.15) is 5.26 Å². The third kappa shape index (κ3) is 5.41. The molecule has 0 fully saturated rings. The number of nitrogens with zero attached hydrogens (tertiary/aromatic N) is 2. The van der Waals surface area contributed by atoms with E-state index in [-0.39, 0.29) is 11.8 Å². The molecule has 20 heavy (non-hydrogen) atoms. The highest BCUT2D eigenvalue weighted by atomic mass is 16.2. The minimum atomic E-state index is -0.0622. The summed E-state index contributed by atoms with van der Waals surface area (Å²) in [4.78, 5) is 14.1. The van der Waals surface area contributed by atoms with Crippen LogP contribution in [0.25, 0.3) is 0 Å². The van der Waals surface area contributed by atoms with Gasteiger partial charge in [-0.3, -0.25) is 9.69 Å². The van der Waals surface area contributed by atoms with Gasteiger partial charge in [0.05, 0.1) is 18.5 Å². The van der Waals surface area contributed by atoms with Gasteiger partial charge in [-0.15, -0.1) is 0 Å². The predicted molar refractivity (Wildman–Crippen MR) is 81.3 cm³/mol. The largest absolute Gasteiger partial charge is 0.325 e. The fourth-order valence-corrected chi connectivity index (χ4v) is 2.09. The predicted octanol–water partition coefficient (Wildman–Crippen LogP) is 2.81. The van der Waals surface area contributed by atoms with Crippen LogP contribution in [0.2, 0.25) is 0 Å². The molecule has 0 aliphatic heterocycles. The first-order valence-electron chi connectivity index (χ1n) is 7.04. The Kier molecular flexibility index (Phi) is 6.75. The summed E-state index contributed by atoms with van der Waals surface area (Å²) in [6, 6.07) is 9.93. The highest BCUT2D eigenvalue weighted by molar-refractivity contribution is 5.92. The topological polar surface area (TPSA) is 56.1 Å². The van der Waals surface area contributed by atoms with Gasteiger partial charge in [-0.1, -0.05) is 25.1 Å². The molecule has 108 valence electrons. The van der Waals surface area contributed by atoms with E-state index >= 15 is 0 Å². The molecular weight excluding hydrogens is 250 g/mol. The van der Waals surface area contributed by atoms with E-state index in [9.17, 15) is 4.79 Å². The van der Waals surface area contributed by atoms with Crippen molar-refractivity contribution in [1.82, 2.24) is 4.90 Å². The number of carbonyl (C=O) groups excluding carboxylic acids is 1. The van der Waals surface area contributed by atoms with E-state index in [1.54, 1.807) is 0 Å². The van der Waals surface area contributed by atoms with Gasteiger partial charge in [0.15, 0.2) is 0 Å². The van der Waals surface area contributed by atoms with Gasteiger partial charge in [0, 0.05) is 12.2 Å². The summed E-state index contributed by atoms with van der Waals surface area (Å²) in [6.07, 6.45) is 0.968. The normalized spacial score (nSPS) is 11.9. The van der Waals surface area contributed by atoms with Crippen LogP contribution in [0.5, 0.6) is 0 Å². The van der Waals surface area contributed by atoms with Gasteiger partial charge in [0.2, 0.25) is 5.91 Å². The zero-order valence-electron chi connectivity index (χ0n) is 12.5. The van der Waals surface area contributed by atoms with Crippen molar-refractivity contribution in [3.8, 4) is 6.07 Å². The van der Waals surface area contributed by atoms with Crippen molar-refractivity contribution in [2.45, 2.75) is 27.2 Å². The maximum atomic E-state index is 12.1. The lowest BCUT2D eigenvalue weighted by molar-refractivity contribution is -0.117. The molecule has 0 unspecified atom stereocenters. The minimum Gasteiger partial charge on any atom is -0.325 e. The van der Waals surface area contributed by atoms with Crippen LogP contribution < -0.4 is 5.32 Å². The lowest BCUT2D eigenvalue weighted by Crippen LogP contribution is -2.36. The fourth-order valence-electron chi connectivity index (χ4n) is 2.09. The molecule has 1 atom stereocenters. The second-order valence-electron chi connectivity index (χ2n) is 5.13. The first-order chi connectivity index (χ1) is 9.56. The highest BCUT2D eigenvalue weighted by Crippen LogP contribution is 2.13. The lowest BCUT2D eigenvalue weighted by atomic mass is 10.2. The Morgan fingerprint density at radius 1 is 1.45 bits per heavy atom. The third-order valence-electron chi connectivity index (χ3n) is 3.08. The van der Waals surface area contributed by atoms with Gasteiger partial charge in [0.25, 0.3) is 0 Å². The molecule has 1 aromatic carbocycles. The van der Waals surface area contributed by atoms with Crippen molar-refractivity contribution in [3.05, 3.63) is 29.8 Å². The Morgan fingerprint density at radius 3 is 2.75 bits per heavy atom. The average Bonchev–Trinajstić information content (AvgIpc) is 2.41. The van der Waals surface area contributed by atoms with Crippen molar-refractivity contribution >= 4 is 11.6 Å². The van der Waals surface area contributed by atoms with Gasteiger partial charge in [0.1, 0.15) is 0 Å².